The molecule has 2 atom stereocenters. The van der Waals surface area contributed by atoms with E-state index < -0.39 is 0 Å². The lowest BCUT2D eigenvalue weighted by atomic mass is 9.99. The number of carbonyl (C=O) groups is 1. The zero-order chi connectivity index (χ0) is 17.7. The van der Waals surface area contributed by atoms with Crippen LogP contribution in [0.4, 0.5) is 0 Å². The number of piperidine rings is 1. The number of hydrogen-bond donors (Lipinski definition) is 1. The predicted molar refractivity (Wildman–Crippen MR) is 90.5 cm³/mol. The summed E-state index contributed by atoms with van der Waals surface area (Å²) in [6, 6.07) is 6.94. The Bertz CT molecular complexity index is 1060. The van der Waals surface area contributed by atoms with Crippen molar-refractivity contribution in [1.29, 1.82) is 0 Å². The minimum atomic E-state index is -0.302. The Hall–Kier alpha value is -3.07. The minimum Gasteiger partial charge on any atom is -0.370 e. The molecule has 9 nitrogen and oxygen atoms in total. The third-order valence-corrected chi connectivity index (χ3v) is 5.11. The molecule has 1 saturated heterocycles. The topological polar surface area (TPSA) is 106 Å². The number of aromatic nitrogens is 5. The molecule has 9 heteroatoms. The summed E-state index contributed by atoms with van der Waals surface area (Å²) >= 11 is 0. The first-order valence-corrected chi connectivity index (χ1v) is 8.50. The first kappa shape index (κ1) is 15.2. The third kappa shape index (κ3) is 2.24. The Morgan fingerprint density at radius 1 is 1.27 bits per heavy atom. The highest BCUT2D eigenvalue weighted by Crippen LogP contribution is 2.30. The number of carbonyl (C=O) groups excluding carboxylic acids is 1. The molecule has 2 aromatic heterocycles. The Kier molecular flexibility index (Phi) is 3.35. The Balaban J connectivity index is 1.49. The van der Waals surface area contributed by atoms with Crippen molar-refractivity contribution in [2.24, 2.45) is 0 Å². The van der Waals surface area contributed by atoms with Gasteiger partial charge in [-0.25, -0.2) is 9.78 Å². The molecule has 0 radical (unpaired) electrons. The van der Waals surface area contributed by atoms with Gasteiger partial charge in [0.15, 0.2) is 5.69 Å². The van der Waals surface area contributed by atoms with Crippen LogP contribution >= 0.6 is 0 Å². The molecule has 3 aromatic rings. The summed E-state index contributed by atoms with van der Waals surface area (Å²) in [5.74, 6) is -0.205. The molecule has 1 amide bonds. The van der Waals surface area contributed by atoms with Crippen molar-refractivity contribution in [3.63, 3.8) is 0 Å². The van der Waals surface area contributed by atoms with Crippen molar-refractivity contribution in [2.75, 3.05) is 13.1 Å². The second-order valence-electron chi connectivity index (χ2n) is 6.57. The number of hydrogen-bond acceptors (Lipinski definition) is 6. The van der Waals surface area contributed by atoms with Gasteiger partial charge in [0.25, 0.3) is 11.5 Å². The number of fused-ring (bicyclic) bond motifs is 4. The van der Waals surface area contributed by atoms with E-state index in [1.165, 1.54) is 0 Å². The van der Waals surface area contributed by atoms with Gasteiger partial charge >= 0.3 is 0 Å². The first-order valence-electron chi connectivity index (χ1n) is 8.50. The molecule has 0 saturated carbocycles. The first-order chi connectivity index (χ1) is 12.7. The van der Waals surface area contributed by atoms with Gasteiger partial charge in [-0.15, -0.1) is 5.10 Å². The van der Waals surface area contributed by atoms with Gasteiger partial charge in [-0.1, -0.05) is 23.4 Å². The van der Waals surface area contributed by atoms with Gasteiger partial charge in [-0.2, -0.15) is 5.10 Å². The number of H-pyrrole nitrogens is 1. The molecule has 132 valence electrons. The van der Waals surface area contributed by atoms with E-state index in [1.54, 1.807) is 35.4 Å². The smallest absolute Gasteiger partial charge is 0.275 e. The van der Waals surface area contributed by atoms with Gasteiger partial charge in [-0.3, -0.25) is 9.59 Å². The number of benzene rings is 1. The molecular formula is C17H16N6O3. The molecule has 0 unspecified atom stereocenters. The highest BCUT2D eigenvalue weighted by atomic mass is 16.5. The van der Waals surface area contributed by atoms with Gasteiger partial charge in [0, 0.05) is 18.5 Å². The van der Waals surface area contributed by atoms with Crippen LogP contribution in [0.5, 0.6) is 0 Å². The summed E-state index contributed by atoms with van der Waals surface area (Å²) < 4.78 is 7.74. The molecule has 0 bridgehead atoms. The highest BCUT2D eigenvalue weighted by Gasteiger charge is 2.38. The van der Waals surface area contributed by atoms with Crippen LogP contribution in [-0.2, 0) is 11.3 Å². The molecule has 2 aliphatic rings. The quantitative estimate of drug-likeness (QED) is 0.684. The molecule has 1 fully saturated rings. The average molecular weight is 352 g/mol. The molecule has 4 heterocycles. The van der Waals surface area contributed by atoms with Crippen LogP contribution in [0.25, 0.3) is 10.8 Å². The van der Waals surface area contributed by atoms with Crippen LogP contribution in [0, 0.1) is 0 Å². The fraction of sp³-hybridized carbons (Fsp3) is 0.353. The number of likely N-dealkylation sites (tertiary alicyclic amines) is 1. The fourth-order valence-corrected chi connectivity index (χ4v) is 3.79. The maximum Gasteiger partial charge on any atom is 0.275 e. The number of aromatic amines is 1. The summed E-state index contributed by atoms with van der Waals surface area (Å²) in [7, 11) is 0. The average Bonchev–Trinajstić information content (AvgIpc) is 3.17. The Labute approximate surface area is 147 Å². The SMILES string of the molecule is O=C(c1n[nH]c(=O)c2ccccc12)N1CC[C@H]2OCc3cnnn3[C@@H]2C1. The van der Waals surface area contributed by atoms with Gasteiger partial charge in [-0.05, 0) is 12.5 Å². The van der Waals surface area contributed by atoms with Crippen molar-refractivity contribution < 1.29 is 9.53 Å². The number of nitrogens with zero attached hydrogens (tertiary/aromatic N) is 5. The van der Waals surface area contributed by atoms with Gasteiger partial charge in [0.1, 0.15) is 0 Å². The van der Waals surface area contributed by atoms with Crippen LogP contribution in [-0.4, -0.2) is 55.2 Å². The molecule has 0 aliphatic carbocycles. The molecule has 0 spiro atoms. The van der Waals surface area contributed by atoms with Crippen LogP contribution in [0.1, 0.15) is 28.6 Å². The molecule has 2 aliphatic heterocycles. The van der Waals surface area contributed by atoms with E-state index in [1.807, 2.05) is 4.68 Å². The fourth-order valence-electron chi connectivity index (χ4n) is 3.79. The largest absolute Gasteiger partial charge is 0.370 e. The summed E-state index contributed by atoms with van der Waals surface area (Å²) in [4.78, 5) is 26.8. The van der Waals surface area contributed by atoms with Gasteiger partial charge in [0.2, 0.25) is 0 Å². The van der Waals surface area contributed by atoms with Crippen molar-refractivity contribution in [2.45, 2.75) is 25.2 Å². The Morgan fingerprint density at radius 2 is 2.12 bits per heavy atom. The van der Waals surface area contributed by atoms with E-state index >= 15 is 0 Å². The van der Waals surface area contributed by atoms with Crippen LogP contribution in [0.15, 0.2) is 35.3 Å². The molecule has 5 rings (SSSR count). The lowest BCUT2D eigenvalue weighted by molar-refractivity contribution is -0.0605. The predicted octanol–water partition coefficient (Wildman–Crippen LogP) is 0.501. The number of rotatable bonds is 1. The van der Waals surface area contributed by atoms with E-state index in [9.17, 15) is 9.59 Å². The zero-order valence-corrected chi connectivity index (χ0v) is 13.8. The lowest BCUT2D eigenvalue weighted by Crippen LogP contribution is -2.50. The van der Waals surface area contributed by atoms with Crippen molar-refractivity contribution in [1.82, 2.24) is 30.1 Å². The van der Waals surface area contributed by atoms with Crippen LogP contribution < -0.4 is 5.56 Å². The monoisotopic (exact) mass is 352 g/mol. The van der Waals surface area contributed by atoms with Crippen molar-refractivity contribution >= 4 is 16.7 Å². The van der Waals surface area contributed by atoms with E-state index in [2.05, 4.69) is 20.5 Å². The summed E-state index contributed by atoms with van der Waals surface area (Å²) in [6.45, 7) is 1.53. The second kappa shape index (κ2) is 5.73. The van der Waals surface area contributed by atoms with Crippen molar-refractivity contribution in [3.8, 4) is 0 Å². The second-order valence-corrected chi connectivity index (χ2v) is 6.57. The third-order valence-electron chi connectivity index (χ3n) is 5.11. The van der Waals surface area contributed by atoms with Crippen LogP contribution in [0.3, 0.4) is 0 Å². The lowest BCUT2D eigenvalue weighted by Gasteiger charge is -2.40. The number of amides is 1. The zero-order valence-electron chi connectivity index (χ0n) is 13.8. The standard InChI is InChI=1S/C17H16N6O3/c24-16-12-4-2-1-3-11(12)15(19-20-16)17(25)22-6-5-14-13(8-22)23-10(9-26-14)7-18-21-23/h1-4,7,13-14H,5-6,8-9H2,(H,20,24)/t13-,14-/m1/s1. The van der Waals surface area contributed by atoms with Crippen molar-refractivity contribution in [3.05, 3.63) is 52.2 Å². The summed E-state index contributed by atoms with van der Waals surface area (Å²) in [6.07, 6.45) is 2.43. The van der Waals surface area contributed by atoms with E-state index in [-0.39, 0.29) is 29.3 Å². The van der Waals surface area contributed by atoms with E-state index in [0.717, 1.165) is 12.1 Å². The molecule has 26 heavy (non-hydrogen) atoms. The number of nitrogens with one attached hydrogen (secondary N) is 1. The normalized spacial score (nSPS) is 22.1. The maximum absolute atomic E-state index is 13.1. The Morgan fingerprint density at radius 3 is 3.00 bits per heavy atom. The van der Waals surface area contributed by atoms with E-state index in [0.29, 0.717) is 30.5 Å². The maximum atomic E-state index is 13.1. The summed E-state index contributed by atoms with van der Waals surface area (Å²) in [5, 5.41) is 15.6. The van der Waals surface area contributed by atoms with E-state index in [4.69, 9.17) is 4.74 Å². The summed E-state index contributed by atoms with van der Waals surface area (Å²) in [5.41, 5.74) is 0.867. The highest BCUT2D eigenvalue weighted by molar-refractivity contribution is 6.04. The van der Waals surface area contributed by atoms with Gasteiger partial charge < -0.3 is 9.64 Å². The van der Waals surface area contributed by atoms with Crippen LogP contribution in [0.2, 0.25) is 0 Å². The molecule has 1 N–H and O–H groups in total. The molecular weight excluding hydrogens is 336 g/mol. The van der Waals surface area contributed by atoms with Gasteiger partial charge in [0.05, 0.1) is 36.0 Å². The number of ether oxygens (including phenoxy) is 1. The molecule has 1 aromatic carbocycles. The minimum absolute atomic E-state index is 0.0218.